The van der Waals surface area contributed by atoms with E-state index in [1.807, 2.05) is 20.8 Å². The lowest BCUT2D eigenvalue weighted by molar-refractivity contribution is 0.0149. The van der Waals surface area contributed by atoms with Crippen molar-refractivity contribution in [1.29, 1.82) is 0 Å². The molecule has 0 radical (unpaired) electrons. The van der Waals surface area contributed by atoms with Gasteiger partial charge in [0.05, 0.1) is 0 Å². The van der Waals surface area contributed by atoms with Crippen LogP contribution in [0.25, 0.3) is 5.78 Å². The Morgan fingerprint density at radius 1 is 1.19 bits per heavy atom. The van der Waals surface area contributed by atoms with Crippen molar-refractivity contribution in [3.63, 3.8) is 0 Å². The third-order valence-corrected chi connectivity index (χ3v) is 9.44. The van der Waals surface area contributed by atoms with Gasteiger partial charge in [0.1, 0.15) is 12.3 Å². The SMILES string of the molecule is CC1CCC2(CCN(C(=O)OC(C)(C)C)CC2)c2c1n(COCC[Si](C)(C)C)c1nc(Br)nn1c2=O. The molecule has 1 unspecified atom stereocenters. The van der Waals surface area contributed by atoms with Crippen LogP contribution in [-0.4, -0.2) is 63.5 Å². The number of halogens is 1. The minimum Gasteiger partial charge on any atom is -0.444 e. The van der Waals surface area contributed by atoms with Crippen LogP contribution >= 0.6 is 15.9 Å². The van der Waals surface area contributed by atoms with Crippen LogP contribution in [0.2, 0.25) is 25.7 Å². The highest BCUT2D eigenvalue weighted by Crippen LogP contribution is 2.47. The van der Waals surface area contributed by atoms with Crippen LogP contribution in [0.15, 0.2) is 9.53 Å². The average molecular weight is 583 g/mol. The molecule has 4 rings (SSSR count). The Balaban J connectivity index is 1.70. The van der Waals surface area contributed by atoms with Gasteiger partial charge in [-0.3, -0.25) is 9.36 Å². The van der Waals surface area contributed by atoms with Gasteiger partial charge in [-0.25, -0.2) is 4.79 Å². The summed E-state index contributed by atoms with van der Waals surface area (Å²) in [5.74, 6) is 0.706. The summed E-state index contributed by atoms with van der Waals surface area (Å²) in [6.45, 7) is 17.0. The molecular formula is C25H40BrN5O4Si. The number of hydrogen-bond donors (Lipinski definition) is 0. The first-order valence-corrected chi connectivity index (χ1v) is 17.5. The fourth-order valence-electron chi connectivity index (χ4n) is 5.42. The van der Waals surface area contributed by atoms with Gasteiger partial charge >= 0.3 is 6.09 Å². The lowest BCUT2D eigenvalue weighted by Gasteiger charge is -2.46. The number of ether oxygens (including phenoxy) is 2. The summed E-state index contributed by atoms with van der Waals surface area (Å²) in [5, 5.41) is 4.39. The smallest absolute Gasteiger partial charge is 0.410 e. The van der Waals surface area contributed by atoms with Crippen molar-refractivity contribution in [2.24, 2.45) is 0 Å². The van der Waals surface area contributed by atoms with Crippen molar-refractivity contribution in [2.75, 3.05) is 19.7 Å². The van der Waals surface area contributed by atoms with Crippen molar-refractivity contribution >= 4 is 35.9 Å². The molecule has 2 aromatic heterocycles. The van der Waals surface area contributed by atoms with Gasteiger partial charge in [0.25, 0.3) is 5.56 Å². The fraction of sp³-hybridized carbons (Fsp3) is 0.760. The van der Waals surface area contributed by atoms with Crippen molar-refractivity contribution in [3.05, 3.63) is 26.3 Å². The summed E-state index contributed by atoms with van der Waals surface area (Å²) in [7, 11) is -1.23. The number of hydrogen-bond acceptors (Lipinski definition) is 6. The Kier molecular flexibility index (Phi) is 7.49. The maximum atomic E-state index is 13.9. The Morgan fingerprint density at radius 2 is 1.86 bits per heavy atom. The molecule has 2 aromatic rings. The molecule has 36 heavy (non-hydrogen) atoms. The van der Waals surface area contributed by atoms with Gasteiger partial charge < -0.3 is 14.4 Å². The largest absolute Gasteiger partial charge is 0.444 e. The number of piperidine rings is 1. The Morgan fingerprint density at radius 3 is 2.47 bits per heavy atom. The topological polar surface area (TPSA) is 91.0 Å². The highest BCUT2D eigenvalue weighted by atomic mass is 79.9. The lowest BCUT2D eigenvalue weighted by Crippen LogP contribution is -2.51. The number of nitrogens with zero attached hydrogens (tertiary/aromatic N) is 5. The molecule has 2 aliphatic rings. The molecule has 1 aliphatic heterocycles. The number of likely N-dealkylation sites (tertiary alicyclic amines) is 1. The number of aromatic nitrogens is 4. The van der Waals surface area contributed by atoms with Gasteiger partial charge in [-0.05, 0) is 74.3 Å². The van der Waals surface area contributed by atoms with Gasteiger partial charge in [-0.15, -0.1) is 5.10 Å². The second-order valence-electron chi connectivity index (χ2n) is 12.6. The zero-order valence-corrected chi connectivity index (χ0v) is 25.3. The molecule has 1 fully saturated rings. The van der Waals surface area contributed by atoms with Crippen LogP contribution in [-0.2, 0) is 21.6 Å². The summed E-state index contributed by atoms with van der Waals surface area (Å²) in [4.78, 5) is 32.9. The molecule has 200 valence electrons. The molecule has 1 amide bonds. The minimum atomic E-state index is -1.23. The van der Waals surface area contributed by atoms with E-state index in [4.69, 9.17) is 9.47 Å². The van der Waals surface area contributed by atoms with Crippen LogP contribution in [0.3, 0.4) is 0 Å². The van der Waals surface area contributed by atoms with E-state index in [9.17, 15) is 9.59 Å². The van der Waals surface area contributed by atoms with E-state index in [1.165, 1.54) is 4.52 Å². The summed E-state index contributed by atoms with van der Waals surface area (Å²) in [5.41, 5.74) is 0.897. The van der Waals surface area contributed by atoms with Crippen LogP contribution < -0.4 is 5.56 Å². The molecule has 1 aliphatic carbocycles. The predicted octanol–water partition coefficient (Wildman–Crippen LogP) is 5.13. The van der Waals surface area contributed by atoms with E-state index in [2.05, 4.69) is 57.1 Å². The molecule has 0 saturated carbocycles. The Labute approximate surface area is 222 Å². The minimum absolute atomic E-state index is 0.103. The maximum absolute atomic E-state index is 13.9. The molecule has 0 N–H and O–H groups in total. The Hall–Kier alpha value is -1.72. The van der Waals surface area contributed by atoms with E-state index < -0.39 is 13.7 Å². The quantitative estimate of drug-likeness (QED) is 0.359. The first-order valence-electron chi connectivity index (χ1n) is 13.0. The van der Waals surface area contributed by atoms with Crippen molar-refractivity contribution in [1.82, 2.24) is 24.1 Å². The standard InChI is InChI=1S/C25H40BrN5O4Si/c1-17-8-9-25(10-12-29(13-11-25)23(33)35-24(2,3)4)18-19(17)30(16-34-14-15-36(5,6)7)22-27-21(26)28-31(22)20(18)32/h17H,8-16H2,1-7H3. The number of amides is 1. The van der Waals surface area contributed by atoms with Gasteiger partial charge in [0.2, 0.25) is 10.5 Å². The van der Waals surface area contributed by atoms with Crippen molar-refractivity contribution in [3.8, 4) is 0 Å². The van der Waals surface area contributed by atoms with Crippen LogP contribution in [0.1, 0.15) is 70.6 Å². The zero-order valence-electron chi connectivity index (χ0n) is 22.7. The summed E-state index contributed by atoms with van der Waals surface area (Å²) in [6.07, 6.45) is 3.04. The molecule has 0 bridgehead atoms. The van der Waals surface area contributed by atoms with Gasteiger partial charge in [-0.2, -0.15) is 9.50 Å². The third kappa shape index (κ3) is 5.57. The van der Waals surface area contributed by atoms with Crippen LogP contribution in [0.5, 0.6) is 0 Å². The highest BCUT2D eigenvalue weighted by molar-refractivity contribution is 9.10. The first kappa shape index (κ1) is 27.3. The number of carbonyl (C=O) groups excluding carboxylic acids is 1. The summed E-state index contributed by atoms with van der Waals surface area (Å²) < 4.78 is 15.6. The van der Waals surface area contributed by atoms with E-state index in [1.54, 1.807) is 4.90 Å². The Bertz CT molecular complexity index is 1190. The monoisotopic (exact) mass is 581 g/mol. The number of rotatable bonds is 5. The van der Waals surface area contributed by atoms with E-state index in [0.717, 1.165) is 43.0 Å². The number of carbonyl (C=O) groups is 1. The predicted molar refractivity (Wildman–Crippen MR) is 145 cm³/mol. The average Bonchev–Trinajstić information content (AvgIpc) is 3.16. The van der Waals surface area contributed by atoms with Gasteiger partial charge in [0, 0.05) is 44.4 Å². The molecule has 9 nitrogen and oxygen atoms in total. The molecule has 11 heteroatoms. The zero-order chi connectivity index (χ0) is 26.5. The van der Waals surface area contributed by atoms with Gasteiger partial charge in [-0.1, -0.05) is 26.6 Å². The molecular weight excluding hydrogens is 542 g/mol. The second-order valence-corrected chi connectivity index (χ2v) is 19.0. The molecule has 0 aromatic carbocycles. The summed E-state index contributed by atoms with van der Waals surface area (Å²) in [6, 6.07) is 1.07. The highest BCUT2D eigenvalue weighted by Gasteiger charge is 2.46. The summed E-state index contributed by atoms with van der Waals surface area (Å²) >= 11 is 3.37. The molecule has 1 spiro atoms. The van der Waals surface area contributed by atoms with E-state index in [-0.39, 0.29) is 23.0 Å². The first-order chi connectivity index (χ1) is 16.7. The van der Waals surface area contributed by atoms with E-state index >= 15 is 0 Å². The molecule has 1 saturated heterocycles. The van der Waals surface area contributed by atoms with Gasteiger partial charge in [0.15, 0.2) is 0 Å². The number of fused-ring (bicyclic) bond motifs is 3. The maximum Gasteiger partial charge on any atom is 0.410 e. The third-order valence-electron chi connectivity index (χ3n) is 7.40. The van der Waals surface area contributed by atoms with E-state index in [0.29, 0.717) is 36.9 Å². The second kappa shape index (κ2) is 9.87. The van der Waals surface area contributed by atoms with Crippen molar-refractivity contribution < 1.29 is 14.3 Å². The lowest BCUT2D eigenvalue weighted by atomic mass is 9.64. The fourth-order valence-corrected chi connectivity index (χ4v) is 6.49. The molecule has 3 heterocycles. The van der Waals surface area contributed by atoms with Crippen LogP contribution in [0.4, 0.5) is 4.79 Å². The van der Waals surface area contributed by atoms with Crippen molar-refractivity contribution in [2.45, 2.75) is 103 Å². The normalized spacial score (nSPS) is 20.1. The molecule has 1 atom stereocenters. The van der Waals surface area contributed by atoms with Crippen LogP contribution in [0, 0.1) is 0 Å².